The van der Waals surface area contributed by atoms with E-state index in [2.05, 4.69) is 15.6 Å². The van der Waals surface area contributed by atoms with Gasteiger partial charge in [0, 0.05) is 13.5 Å². The number of carboxylic acid groups (broad SMARTS) is 1. The van der Waals surface area contributed by atoms with Gasteiger partial charge in [0.1, 0.15) is 11.9 Å². The molecule has 0 aromatic heterocycles. The number of methoxy groups -OCH3 is 1. The number of hydrogen-bond donors (Lipinski definition) is 7. The Labute approximate surface area is 264 Å². The minimum Gasteiger partial charge on any atom is -0.497 e. The molecule has 2 aromatic carbocycles. The maximum absolute atomic E-state index is 12.7. The van der Waals surface area contributed by atoms with E-state index in [-0.39, 0.29) is 19.6 Å². The molecule has 0 fully saturated rings. The second kappa shape index (κ2) is 16.3. The maximum atomic E-state index is 12.7. The van der Waals surface area contributed by atoms with Crippen LogP contribution in [0, 0.1) is 0 Å². The van der Waals surface area contributed by atoms with Crippen LogP contribution in [0.2, 0.25) is 0 Å². The summed E-state index contributed by atoms with van der Waals surface area (Å²) in [4.78, 5) is 52.9. The van der Waals surface area contributed by atoms with Crippen molar-refractivity contribution in [2.45, 2.75) is 56.6 Å². The molecule has 1 aliphatic rings. The minimum atomic E-state index is -1.76. The van der Waals surface area contributed by atoms with Crippen molar-refractivity contribution in [2.24, 2.45) is 16.5 Å². The molecule has 16 nitrogen and oxygen atoms in total. The molecule has 46 heavy (non-hydrogen) atoms. The van der Waals surface area contributed by atoms with E-state index >= 15 is 0 Å². The number of benzene rings is 2. The van der Waals surface area contributed by atoms with Crippen molar-refractivity contribution in [3.63, 3.8) is 0 Å². The van der Waals surface area contributed by atoms with Crippen LogP contribution in [0.1, 0.15) is 31.7 Å². The number of aliphatic carboxylic acids is 1. The smallest absolute Gasteiger partial charge is 0.407 e. The number of esters is 1. The molecule has 16 heteroatoms. The van der Waals surface area contributed by atoms with Crippen molar-refractivity contribution in [3.05, 3.63) is 53.8 Å². The molecule has 9 N–H and O–H groups in total. The second-order valence-corrected chi connectivity index (χ2v) is 10.5. The minimum absolute atomic E-state index is 0.0161. The van der Waals surface area contributed by atoms with E-state index < -0.39 is 78.6 Å². The van der Waals surface area contributed by atoms with Crippen molar-refractivity contribution in [1.82, 2.24) is 10.6 Å². The van der Waals surface area contributed by atoms with Gasteiger partial charge < -0.3 is 56.4 Å². The van der Waals surface area contributed by atoms with Crippen LogP contribution >= 0.6 is 0 Å². The van der Waals surface area contributed by atoms with Gasteiger partial charge in [0.15, 0.2) is 18.2 Å². The summed E-state index contributed by atoms with van der Waals surface area (Å²) in [6.07, 6.45) is -4.82. The van der Waals surface area contributed by atoms with E-state index in [1.54, 1.807) is 14.0 Å². The molecule has 3 rings (SSSR count). The Bertz CT molecular complexity index is 1480. The first kappa shape index (κ1) is 35.4. The zero-order valence-electron chi connectivity index (χ0n) is 25.5. The summed E-state index contributed by atoms with van der Waals surface area (Å²) in [5.74, 6) is -3.47. The molecule has 250 valence electrons. The molecule has 0 saturated carbocycles. The number of carbonyl (C=O) groups excluding carboxylic acids is 3. The summed E-state index contributed by atoms with van der Waals surface area (Å²) in [5, 5.41) is 36.5. The SMILES string of the molecule is COc1ccc2cc([C@H](C)C(=O)OCCCNC(=O)O[C@@H]([C@@H]3OC(C(=O)O)=C[C@H](N=C(N)N)[C@H]3NC(C)=O)[C@H](O)CO)ccc2c1. The van der Waals surface area contributed by atoms with Crippen LogP contribution in [0.15, 0.2) is 53.2 Å². The Morgan fingerprint density at radius 1 is 1.11 bits per heavy atom. The van der Waals surface area contributed by atoms with E-state index in [1.807, 2.05) is 36.4 Å². The highest BCUT2D eigenvalue weighted by atomic mass is 16.6. The number of amides is 2. The number of hydrogen-bond acceptors (Lipinski definition) is 11. The van der Waals surface area contributed by atoms with Crippen LogP contribution in [-0.4, -0.2) is 102 Å². The van der Waals surface area contributed by atoms with E-state index in [4.69, 9.17) is 30.4 Å². The summed E-state index contributed by atoms with van der Waals surface area (Å²) >= 11 is 0. The topological polar surface area (TPSA) is 254 Å². The van der Waals surface area contributed by atoms with Crippen molar-refractivity contribution < 1.29 is 53.4 Å². The first-order valence-electron chi connectivity index (χ1n) is 14.3. The van der Waals surface area contributed by atoms with Crippen LogP contribution in [0.5, 0.6) is 5.75 Å². The third-order valence-electron chi connectivity index (χ3n) is 7.08. The van der Waals surface area contributed by atoms with Gasteiger partial charge in [0.2, 0.25) is 11.7 Å². The van der Waals surface area contributed by atoms with Crippen LogP contribution in [0.4, 0.5) is 4.79 Å². The Morgan fingerprint density at radius 2 is 1.80 bits per heavy atom. The standard InChI is InChI=1S/C30H39N5O11/c1-15(17-5-6-19-12-20(43-3)8-7-18(19)11-17)28(41)44-10-4-9-33-30(42)46-25(22(38)14-36)26-24(34-16(2)37)21(35-29(31)32)13-23(45-26)27(39)40/h5-8,11-13,15,21-22,24-26,36,38H,4,9-10,14H2,1-3H3,(H,33,42)(H,34,37)(H,39,40)(H4,31,32,35)/t15-,21-,22+,24+,25+,26+/m0/s1. The molecule has 1 aliphatic heterocycles. The fourth-order valence-corrected chi connectivity index (χ4v) is 4.77. The number of nitrogens with two attached hydrogens (primary N) is 2. The lowest BCUT2D eigenvalue weighted by molar-refractivity contribution is -0.146. The summed E-state index contributed by atoms with van der Waals surface area (Å²) in [5.41, 5.74) is 11.7. The highest BCUT2D eigenvalue weighted by molar-refractivity contribution is 5.87. The van der Waals surface area contributed by atoms with Crippen LogP contribution < -0.4 is 26.8 Å². The molecule has 0 unspecified atom stereocenters. The van der Waals surface area contributed by atoms with E-state index in [9.17, 15) is 34.5 Å². The van der Waals surface area contributed by atoms with Crippen molar-refractivity contribution >= 4 is 40.7 Å². The lowest BCUT2D eigenvalue weighted by Gasteiger charge is -2.39. The molecule has 0 bridgehead atoms. The van der Waals surface area contributed by atoms with Crippen LogP contribution in [0.25, 0.3) is 10.8 Å². The van der Waals surface area contributed by atoms with Crippen molar-refractivity contribution in [1.29, 1.82) is 0 Å². The van der Waals surface area contributed by atoms with E-state index in [0.29, 0.717) is 0 Å². The third kappa shape index (κ3) is 9.45. The second-order valence-electron chi connectivity index (χ2n) is 10.5. The summed E-state index contributed by atoms with van der Waals surface area (Å²) < 4.78 is 21.4. The fraction of sp³-hybridized carbons (Fsp3) is 0.433. The van der Waals surface area contributed by atoms with Crippen molar-refractivity contribution in [2.75, 3.05) is 26.9 Å². The predicted octanol–water partition coefficient (Wildman–Crippen LogP) is -0.153. The average Bonchev–Trinajstić information content (AvgIpc) is 3.02. The number of aliphatic hydroxyl groups is 2. The normalized spacial score (nSPS) is 19.3. The first-order chi connectivity index (χ1) is 21.8. The largest absolute Gasteiger partial charge is 0.497 e. The Morgan fingerprint density at radius 3 is 2.43 bits per heavy atom. The number of fused-ring (bicyclic) bond motifs is 1. The van der Waals surface area contributed by atoms with Crippen molar-refractivity contribution in [3.8, 4) is 5.75 Å². The molecule has 0 saturated heterocycles. The van der Waals surface area contributed by atoms with Crippen LogP contribution in [0.3, 0.4) is 0 Å². The third-order valence-corrected chi connectivity index (χ3v) is 7.08. The number of ether oxygens (including phenoxy) is 4. The number of alkyl carbamates (subject to hydrolysis) is 1. The lowest BCUT2D eigenvalue weighted by atomic mass is 9.92. The average molecular weight is 646 g/mol. The van der Waals surface area contributed by atoms with Gasteiger partial charge in [-0.05, 0) is 47.9 Å². The molecule has 2 amide bonds. The number of aliphatic imine (C=N–C) groups is 1. The highest BCUT2D eigenvalue weighted by Gasteiger charge is 2.46. The molecule has 0 aliphatic carbocycles. The summed E-state index contributed by atoms with van der Waals surface area (Å²) in [6, 6.07) is 8.85. The Balaban J connectivity index is 1.59. The number of carboxylic acids is 1. The Hall–Kier alpha value is -5.09. The molecule has 0 spiro atoms. The molecule has 6 atom stereocenters. The number of carbonyl (C=O) groups is 4. The lowest BCUT2D eigenvalue weighted by Crippen LogP contribution is -2.61. The van der Waals surface area contributed by atoms with Gasteiger partial charge in [0.25, 0.3) is 0 Å². The Kier molecular flexibility index (Phi) is 12.5. The van der Waals surface area contributed by atoms with E-state index in [0.717, 1.165) is 35.1 Å². The number of nitrogens with zero attached hydrogens (tertiary/aromatic N) is 1. The molecule has 2 aromatic rings. The zero-order valence-corrected chi connectivity index (χ0v) is 25.5. The number of nitrogens with one attached hydrogen (secondary N) is 2. The van der Waals surface area contributed by atoms with Gasteiger partial charge in [-0.15, -0.1) is 0 Å². The van der Waals surface area contributed by atoms with Gasteiger partial charge in [-0.1, -0.05) is 24.3 Å². The fourth-order valence-electron chi connectivity index (χ4n) is 4.77. The molecule has 0 radical (unpaired) electrons. The predicted molar refractivity (Wildman–Crippen MR) is 164 cm³/mol. The van der Waals surface area contributed by atoms with Crippen LogP contribution in [-0.2, 0) is 28.6 Å². The molecule has 1 heterocycles. The van der Waals surface area contributed by atoms with Gasteiger partial charge >= 0.3 is 18.0 Å². The number of guanidine groups is 1. The maximum Gasteiger partial charge on any atom is 0.407 e. The molecular formula is C30H39N5O11. The first-order valence-corrected chi connectivity index (χ1v) is 14.3. The van der Waals surface area contributed by atoms with Gasteiger partial charge in [-0.3, -0.25) is 9.59 Å². The van der Waals surface area contributed by atoms with Gasteiger partial charge in [-0.25, -0.2) is 14.6 Å². The quantitative estimate of drug-likeness (QED) is 0.0611. The van der Waals surface area contributed by atoms with Gasteiger partial charge in [0.05, 0.1) is 38.3 Å². The zero-order chi connectivity index (χ0) is 34.0. The van der Waals surface area contributed by atoms with Gasteiger partial charge in [-0.2, -0.15) is 0 Å². The monoisotopic (exact) mass is 645 g/mol. The molecular weight excluding hydrogens is 606 g/mol. The summed E-state index contributed by atoms with van der Waals surface area (Å²) in [6.45, 7) is 1.93. The summed E-state index contributed by atoms with van der Waals surface area (Å²) in [7, 11) is 1.59. The van der Waals surface area contributed by atoms with E-state index in [1.165, 1.54) is 0 Å². The number of rotatable bonds is 14. The highest BCUT2D eigenvalue weighted by Crippen LogP contribution is 2.27. The number of aliphatic hydroxyl groups excluding tert-OH is 2.